The first kappa shape index (κ1) is 9.93. The normalized spacial score (nSPS) is 33.5. The number of nitrogens with two attached hydrogens (primary N) is 1. The number of hydrogen-bond acceptors (Lipinski definition) is 3. The van der Waals surface area contributed by atoms with Crippen molar-refractivity contribution in [2.75, 3.05) is 19.7 Å². The summed E-state index contributed by atoms with van der Waals surface area (Å²) in [5.41, 5.74) is 5.20. The van der Waals surface area contributed by atoms with Gasteiger partial charge < -0.3 is 10.8 Å². The first-order chi connectivity index (χ1) is 6.72. The minimum Gasteiger partial charge on any atom is -0.396 e. The predicted octanol–water partition coefficient (Wildman–Crippen LogP) is -0.435. The van der Waals surface area contributed by atoms with Crippen LogP contribution in [0.25, 0.3) is 0 Å². The van der Waals surface area contributed by atoms with Crippen molar-refractivity contribution in [1.82, 2.24) is 4.90 Å². The Balaban J connectivity index is 1.98. The summed E-state index contributed by atoms with van der Waals surface area (Å²) >= 11 is 0. The molecule has 1 aliphatic heterocycles. The van der Waals surface area contributed by atoms with Crippen LogP contribution in [0.5, 0.6) is 0 Å². The van der Waals surface area contributed by atoms with E-state index in [4.69, 9.17) is 5.73 Å². The highest BCUT2D eigenvalue weighted by molar-refractivity contribution is 5.76. The van der Waals surface area contributed by atoms with E-state index in [2.05, 4.69) is 4.90 Å². The third kappa shape index (κ3) is 1.91. The molecule has 1 aliphatic carbocycles. The molecule has 2 atom stereocenters. The number of hydrogen-bond donors (Lipinski definition) is 2. The molecular weight excluding hydrogens is 180 g/mol. The molecule has 1 amide bonds. The number of rotatable bonds is 4. The summed E-state index contributed by atoms with van der Waals surface area (Å²) in [4.78, 5) is 13.0. The van der Waals surface area contributed by atoms with Crippen LogP contribution in [-0.4, -0.2) is 41.7 Å². The first-order valence-corrected chi connectivity index (χ1v) is 5.35. The molecule has 0 radical (unpaired) electrons. The van der Waals surface area contributed by atoms with Gasteiger partial charge in [0.15, 0.2) is 0 Å². The van der Waals surface area contributed by atoms with Gasteiger partial charge in [-0.2, -0.15) is 0 Å². The molecule has 0 aromatic rings. The molecule has 0 bridgehead atoms. The van der Waals surface area contributed by atoms with Crippen molar-refractivity contribution in [2.24, 2.45) is 17.6 Å². The van der Waals surface area contributed by atoms with Crippen molar-refractivity contribution in [3.05, 3.63) is 0 Å². The molecular formula is C10H18N2O2. The number of likely N-dealkylation sites (tertiary alicyclic amines) is 1. The average molecular weight is 198 g/mol. The lowest BCUT2D eigenvalue weighted by atomic mass is 9.97. The van der Waals surface area contributed by atoms with Gasteiger partial charge in [0, 0.05) is 12.6 Å². The molecule has 4 heteroatoms. The van der Waals surface area contributed by atoms with Gasteiger partial charge in [-0.25, -0.2) is 0 Å². The van der Waals surface area contributed by atoms with Gasteiger partial charge in [-0.1, -0.05) is 0 Å². The van der Waals surface area contributed by atoms with E-state index in [0.29, 0.717) is 24.4 Å². The van der Waals surface area contributed by atoms with Gasteiger partial charge in [0.05, 0.1) is 6.54 Å². The predicted molar refractivity (Wildman–Crippen MR) is 52.5 cm³/mol. The molecule has 80 valence electrons. The second-order valence-corrected chi connectivity index (χ2v) is 4.50. The Bertz CT molecular complexity index is 228. The molecule has 1 heterocycles. The van der Waals surface area contributed by atoms with E-state index >= 15 is 0 Å². The topological polar surface area (TPSA) is 66.6 Å². The van der Waals surface area contributed by atoms with Crippen molar-refractivity contribution in [1.29, 1.82) is 0 Å². The Morgan fingerprint density at radius 3 is 2.64 bits per heavy atom. The molecule has 2 aliphatic rings. The highest BCUT2D eigenvalue weighted by atomic mass is 16.3. The van der Waals surface area contributed by atoms with Gasteiger partial charge in [-0.15, -0.1) is 0 Å². The van der Waals surface area contributed by atoms with E-state index < -0.39 is 0 Å². The molecule has 2 rings (SSSR count). The molecule has 4 nitrogen and oxygen atoms in total. The Labute approximate surface area is 84.1 Å². The smallest absolute Gasteiger partial charge is 0.231 e. The summed E-state index contributed by atoms with van der Waals surface area (Å²) in [6.07, 6.45) is 3.50. The quantitative estimate of drug-likeness (QED) is 0.644. The third-order valence-corrected chi connectivity index (χ3v) is 3.39. The van der Waals surface area contributed by atoms with E-state index in [-0.39, 0.29) is 12.5 Å². The zero-order chi connectivity index (χ0) is 10.1. The highest BCUT2D eigenvalue weighted by Crippen LogP contribution is 2.42. The molecule has 3 N–H and O–H groups in total. The molecule has 0 unspecified atom stereocenters. The number of aliphatic hydroxyl groups excluding tert-OH is 1. The SMILES string of the molecule is NC(=O)CN1CC[C@H](CO)[C@@H]1C1CC1. The second kappa shape index (κ2) is 3.87. The lowest BCUT2D eigenvalue weighted by Gasteiger charge is -2.26. The highest BCUT2D eigenvalue weighted by Gasteiger charge is 2.43. The fraction of sp³-hybridized carbons (Fsp3) is 0.900. The van der Waals surface area contributed by atoms with Crippen molar-refractivity contribution in [2.45, 2.75) is 25.3 Å². The van der Waals surface area contributed by atoms with Crippen LogP contribution >= 0.6 is 0 Å². The average Bonchev–Trinajstić information content (AvgIpc) is 2.88. The molecule has 0 aromatic heterocycles. The molecule has 1 saturated carbocycles. The maximum atomic E-state index is 10.9. The van der Waals surface area contributed by atoms with E-state index in [9.17, 15) is 9.90 Å². The van der Waals surface area contributed by atoms with Gasteiger partial charge in [-0.3, -0.25) is 9.69 Å². The van der Waals surface area contributed by atoms with Gasteiger partial charge in [0.25, 0.3) is 0 Å². The summed E-state index contributed by atoms with van der Waals surface area (Å²) in [6.45, 7) is 1.52. The zero-order valence-electron chi connectivity index (χ0n) is 8.35. The van der Waals surface area contributed by atoms with E-state index in [1.54, 1.807) is 0 Å². The largest absolute Gasteiger partial charge is 0.396 e. The van der Waals surface area contributed by atoms with Crippen LogP contribution in [0.15, 0.2) is 0 Å². The number of carbonyl (C=O) groups excluding carboxylic acids is 1. The Morgan fingerprint density at radius 2 is 2.14 bits per heavy atom. The van der Waals surface area contributed by atoms with Gasteiger partial charge in [0.1, 0.15) is 0 Å². The first-order valence-electron chi connectivity index (χ1n) is 5.35. The number of primary amides is 1. The van der Waals surface area contributed by atoms with Crippen LogP contribution in [-0.2, 0) is 4.79 Å². The summed E-state index contributed by atoms with van der Waals surface area (Å²) in [7, 11) is 0. The summed E-state index contributed by atoms with van der Waals surface area (Å²) in [5.74, 6) is 0.810. The van der Waals surface area contributed by atoms with E-state index in [1.807, 2.05) is 0 Å². The molecule has 2 fully saturated rings. The Hall–Kier alpha value is -0.610. The lowest BCUT2D eigenvalue weighted by molar-refractivity contribution is -0.119. The Kier molecular flexibility index (Phi) is 2.74. The zero-order valence-corrected chi connectivity index (χ0v) is 8.35. The van der Waals surface area contributed by atoms with Gasteiger partial charge in [0.2, 0.25) is 5.91 Å². The van der Waals surface area contributed by atoms with E-state index in [0.717, 1.165) is 13.0 Å². The molecule has 0 spiro atoms. The van der Waals surface area contributed by atoms with Crippen molar-refractivity contribution in [3.8, 4) is 0 Å². The van der Waals surface area contributed by atoms with Crippen molar-refractivity contribution < 1.29 is 9.90 Å². The Morgan fingerprint density at radius 1 is 1.43 bits per heavy atom. The lowest BCUT2D eigenvalue weighted by Crippen LogP contribution is -2.41. The minimum atomic E-state index is -0.255. The van der Waals surface area contributed by atoms with Crippen LogP contribution in [0, 0.1) is 11.8 Å². The van der Waals surface area contributed by atoms with Crippen LogP contribution in [0.2, 0.25) is 0 Å². The van der Waals surface area contributed by atoms with E-state index in [1.165, 1.54) is 12.8 Å². The minimum absolute atomic E-state index is 0.246. The molecule has 14 heavy (non-hydrogen) atoms. The summed E-state index contributed by atoms with van der Waals surface area (Å²) in [5, 5.41) is 9.22. The molecule has 0 aromatic carbocycles. The van der Waals surface area contributed by atoms with Crippen LogP contribution in [0.3, 0.4) is 0 Å². The number of nitrogens with zero attached hydrogens (tertiary/aromatic N) is 1. The monoisotopic (exact) mass is 198 g/mol. The van der Waals surface area contributed by atoms with Crippen LogP contribution < -0.4 is 5.73 Å². The van der Waals surface area contributed by atoms with Crippen LogP contribution in [0.1, 0.15) is 19.3 Å². The number of carbonyl (C=O) groups is 1. The van der Waals surface area contributed by atoms with Crippen LogP contribution in [0.4, 0.5) is 0 Å². The third-order valence-electron chi connectivity index (χ3n) is 3.39. The fourth-order valence-electron chi connectivity index (χ4n) is 2.65. The van der Waals surface area contributed by atoms with Crippen molar-refractivity contribution >= 4 is 5.91 Å². The summed E-state index contributed by atoms with van der Waals surface area (Å²) in [6, 6.07) is 0.410. The van der Waals surface area contributed by atoms with Gasteiger partial charge in [-0.05, 0) is 37.6 Å². The standard InChI is InChI=1S/C10H18N2O2/c11-9(14)5-12-4-3-8(6-13)10(12)7-1-2-7/h7-8,10,13H,1-6H2,(H2,11,14)/t8-,10+/m1/s1. The number of aliphatic hydroxyl groups is 1. The van der Waals surface area contributed by atoms with Gasteiger partial charge >= 0.3 is 0 Å². The van der Waals surface area contributed by atoms with Crippen molar-refractivity contribution in [3.63, 3.8) is 0 Å². The number of amides is 1. The summed E-state index contributed by atoms with van der Waals surface area (Å²) < 4.78 is 0. The maximum Gasteiger partial charge on any atom is 0.231 e. The fourth-order valence-corrected chi connectivity index (χ4v) is 2.65. The molecule has 1 saturated heterocycles. The maximum absolute atomic E-state index is 10.9. The second-order valence-electron chi connectivity index (χ2n) is 4.50.